The third kappa shape index (κ3) is 3.53. The summed E-state index contributed by atoms with van der Waals surface area (Å²) in [4.78, 5) is 0. The van der Waals surface area contributed by atoms with Gasteiger partial charge in [-0.1, -0.05) is 45.9 Å². The number of halogens is 1. The second kappa shape index (κ2) is 5.63. The highest BCUT2D eigenvalue weighted by Gasteiger charge is 2.28. The van der Waals surface area contributed by atoms with Crippen LogP contribution in [0.5, 0.6) is 0 Å². The molecule has 0 spiro atoms. The summed E-state index contributed by atoms with van der Waals surface area (Å²) < 4.78 is 14.2. The molecule has 0 bridgehead atoms. The summed E-state index contributed by atoms with van der Waals surface area (Å²) in [5, 5.41) is 3.45. The van der Waals surface area contributed by atoms with E-state index in [1.54, 1.807) is 0 Å². The lowest BCUT2D eigenvalue weighted by Gasteiger charge is -2.32. The second-order valence-electron chi connectivity index (χ2n) is 5.73. The van der Waals surface area contributed by atoms with Crippen LogP contribution in [0.2, 0.25) is 0 Å². The first-order valence-corrected chi connectivity index (χ1v) is 6.36. The van der Waals surface area contributed by atoms with Crippen LogP contribution in [-0.2, 0) is 0 Å². The molecule has 1 aromatic carbocycles. The van der Waals surface area contributed by atoms with E-state index in [1.807, 2.05) is 25.1 Å². The fourth-order valence-electron chi connectivity index (χ4n) is 2.06. The summed E-state index contributed by atoms with van der Waals surface area (Å²) in [6, 6.07) is 5.70. The molecule has 0 amide bonds. The summed E-state index contributed by atoms with van der Waals surface area (Å²) in [6.45, 7) is 11.3. The Morgan fingerprint density at radius 3 is 2.47 bits per heavy atom. The maximum absolute atomic E-state index is 14.2. The number of hydrogen-bond acceptors (Lipinski definition) is 1. The maximum Gasteiger partial charge on any atom is 0.130 e. The molecule has 0 radical (unpaired) electrons. The Morgan fingerprint density at radius 1 is 1.29 bits per heavy atom. The Bertz CT molecular complexity index is 366. The average molecular weight is 237 g/mol. The van der Waals surface area contributed by atoms with Gasteiger partial charge >= 0.3 is 0 Å². The van der Waals surface area contributed by atoms with Gasteiger partial charge in [0.05, 0.1) is 0 Å². The van der Waals surface area contributed by atoms with Gasteiger partial charge in [-0.25, -0.2) is 4.39 Å². The summed E-state index contributed by atoms with van der Waals surface area (Å²) >= 11 is 0. The number of benzene rings is 1. The predicted molar refractivity (Wildman–Crippen MR) is 71.6 cm³/mol. The molecule has 1 nitrogen and oxygen atoms in total. The van der Waals surface area contributed by atoms with E-state index in [1.165, 1.54) is 0 Å². The second-order valence-corrected chi connectivity index (χ2v) is 5.73. The predicted octanol–water partition coefficient (Wildman–Crippen LogP) is 4.22. The third-order valence-corrected chi connectivity index (χ3v) is 3.00. The van der Waals surface area contributed by atoms with Crippen molar-refractivity contribution < 1.29 is 4.39 Å². The highest BCUT2D eigenvalue weighted by Crippen LogP contribution is 2.34. The van der Waals surface area contributed by atoms with Crippen LogP contribution in [0.1, 0.15) is 51.3 Å². The SMILES string of the molecule is CCCNC(c1cccc(C)c1F)C(C)(C)C. The van der Waals surface area contributed by atoms with Crippen LogP contribution < -0.4 is 5.32 Å². The topological polar surface area (TPSA) is 12.0 Å². The van der Waals surface area contributed by atoms with Gasteiger partial charge in [-0.2, -0.15) is 0 Å². The first-order valence-electron chi connectivity index (χ1n) is 6.36. The first-order chi connectivity index (χ1) is 7.88. The molecule has 0 aliphatic rings. The van der Waals surface area contributed by atoms with E-state index in [4.69, 9.17) is 0 Å². The molecule has 0 aliphatic carbocycles. The van der Waals surface area contributed by atoms with Gasteiger partial charge in [-0.15, -0.1) is 0 Å². The van der Waals surface area contributed by atoms with E-state index >= 15 is 0 Å². The molecule has 0 heterocycles. The van der Waals surface area contributed by atoms with E-state index in [9.17, 15) is 4.39 Å². The highest BCUT2D eigenvalue weighted by atomic mass is 19.1. The molecule has 0 saturated heterocycles. The van der Waals surface area contributed by atoms with Gasteiger partial charge < -0.3 is 5.32 Å². The van der Waals surface area contributed by atoms with Gasteiger partial charge in [0.2, 0.25) is 0 Å². The Kier molecular flexibility index (Phi) is 4.70. The van der Waals surface area contributed by atoms with Crippen molar-refractivity contribution >= 4 is 0 Å². The van der Waals surface area contributed by atoms with Gasteiger partial charge in [-0.05, 0) is 30.9 Å². The van der Waals surface area contributed by atoms with Crippen LogP contribution in [0, 0.1) is 18.2 Å². The van der Waals surface area contributed by atoms with Crippen molar-refractivity contribution in [1.29, 1.82) is 0 Å². The van der Waals surface area contributed by atoms with Crippen LogP contribution in [0.15, 0.2) is 18.2 Å². The number of rotatable bonds is 4. The van der Waals surface area contributed by atoms with Crippen molar-refractivity contribution in [2.24, 2.45) is 5.41 Å². The summed E-state index contributed by atoms with van der Waals surface area (Å²) in [5.74, 6) is -0.0731. The smallest absolute Gasteiger partial charge is 0.130 e. The molecule has 2 heteroatoms. The minimum atomic E-state index is -0.0731. The molecule has 1 rings (SSSR count). The van der Waals surface area contributed by atoms with Gasteiger partial charge in [0.15, 0.2) is 0 Å². The summed E-state index contributed by atoms with van der Waals surface area (Å²) in [7, 11) is 0. The average Bonchev–Trinajstić information content (AvgIpc) is 2.22. The molecule has 1 atom stereocenters. The van der Waals surface area contributed by atoms with Crippen molar-refractivity contribution in [2.45, 2.75) is 47.1 Å². The molecule has 96 valence electrons. The van der Waals surface area contributed by atoms with E-state index in [2.05, 4.69) is 33.0 Å². The fraction of sp³-hybridized carbons (Fsp3) is 0.600. The van der Waals surface area contributed by atoms with Gasteiger partial charge in [0.1, 0.15) is 5.82 Å². The lowest BCUT2D eigenvalue weighted by Crippen LogP contribution is -2.33. The minimum absolute atomic E-state index is 0.00377. The zero-order chi connectivity index (χ0) is 13.1. The molecule has 1 N–H and O–H groups in total. The third-order valence-electron chi connectivity index (χ3n) is 3.00. The number of nitrogens with one attached hydrogen (secondary N) is 1. The quantitative estimate of drug-likeness (QED) is 0.826. The zero-order valence-corrected chi connectivity index (χ0v) is 11.6. The molecule has 1 unspecified atom stereocenters. The van der Waals surface area contributed by atoms with E-state index in [0.29, 0.717) is 0 Å². The number of hydrogen-bond donors (Lipinski definition) is 1. The lowest BCUT2D eigenvalue weighted by atomic mass is 9.81. The molecule has 1 aromatic rings. The van der Waals surface area contributed by atoms with Gasteiger partial charge in [0, 0.05) is 11.6 Å². The largest absolute Gasteiger partial charge is 0.309 e. The van der Waals surface area contributed by atoms with Gasteiger partial charge in [0.25, 0.3) is 0 Å². The van der Waals surface area contributed by atoms with Crippen molar-refractivity contribution in [2.75, 3.05) is 6.54 Å². The molecule has 0 fully saturated rings. The highest BCUT2D eigenvalue weighted by molar-refractivity contribution is 5.28. The van der Waals surface area contributed by atoms with E-state index < -0.39 is 0 Å². The molecule has 17 heavy (non-hydrogen) atoms. The fourth-order valence-corrected chi connectivity index (χ4v) is 2.06. The molecular formula is C15H24FN. The van der Waals surface area contributed by atoms with Crippen LogP contribution in [0.3, 0.4) is 0 Å². The maximum atomic E-state index is 14.2. The molecule has 0 aromatic heterocycles. The molecule has 0 aliphatic heterocycles. The van der Waals surface area contributed by atoms with Crippen LogP contribution in [0.4, 0.5) is 4.39 Å². The Morgan fingerprint density at radius 2 is 1.94 bits per heavy atom. The van der Waals surface area contributed by atoms with Crippen molar-refractivity contribution in [1.82, 2.24) is 5.32 Å². The number of aryl methyl sites for hydroxylation is 1. The van der Waals surface area contributed by atoms with E-state index in [-0.39, 0.29) is 17.3 Å². The normalized spacial score (nSPS) is 13.8. The van der Waals surface area contributed by atoms with Crippen molar-refractivity contribution in [3.63, 3.8) is 0 Å². The zero-order valence-electron chi connectivity index (χ0n) is 11.6. The van der Waals surface area contributed by atoms with Crippen molar-refractivity contribution in [3.05, 3.63) is 35.1 Å². The summed E-state index contributed by atoms with van der Waals surface area (Å²) in [5.41, 5.74) is 1.50. The van der Waals surface area contributed by atoms with Gasteiger partial charge in [-0.3, -0.25) is 0 Å². The lowest BCUT2D eigenvalue weighted by molar-refractivity contribution is 0.266. The van der Waals surface area contributed by atoms with Crippen molar-refractivity contribution in [3.8, 4) is 0 Å². The Labute approximate surface area is 104 Å². The molecule has 0 saturated carbocycles. The Hall–Kier alpha value is -0.890. The molecular weight excluding hydrogens is 213 g/mol. The van der Waals surface area contributed by atoms with Crippen LogP contribution >= 0.6 is 0 Å². The van der Waals surface area contributed by atoms with Crippen LogP contribution in [0.25, 0.3) is 0 Å². The van der Waals surface area contributed by atoms with Crippen LogP contribution in [-0.4, -0.2) is 6.54 Å². The minimum Gasteiger partial charge on any atom is -0.309 e. The summed E-state index contributed by atoms with van der Waals surface area (Å²) in [6.07, 6.45) is 1.06. The monoisotopic (exact) mass is 237 g/mol. The Balaban J connectivity index is 3.09. The van der Waals surface area contributed by atoms with E-state index in [0.717, 1.165) is 24.1 Å². The first kappa shape index (κ1) is 14.2. The standard InChI is InChI=1S/C15H24FN/c1-6-10-17-14(15(3,4)5)12-9-7-8-11(2)13(12)16/h7-9,14,17H,6,10H2,1-5H3.